The van der Waals surface area contributed by atoms with Crippen LogP contribution >= 0.6 is 11.6 Å². The first kappa shape index (κ1) is 24.2. The van der Waals surface area contributed by atoms with Crippen molar-refractivity contribution in [3.05, 3.63) is 100 Å². The molecule has 0 aliphatic carbocycles. The van der Waals surface area contributed by atoms with Crippen LogP contribution in [0.2, 0.25) is 5.02 Å². The highest BCUT2D eigenvalue weighted by Crippen LogP contribution is 2.32. The number of rotatable bonds is 6. The Morgan fingerprint density at radius 1 is 1.00 bits per heavy atom. The highest BCUT2D eigenvalue weighted by molar-refractivity contribution is 6.31. The third-order valence-electron chi connectivity index (χ3n) is 5.16. The number of carbonyl (C=O) groups is 1. The van der Waals surface area contributed by atoms with Gasteiger partial charge in [-0.25, -0.2) is 18.3 Å². The van der Waals surface area contributed by atoms with Crippen LogP contribution in [0, 0.1) is 11.6 Å². The molecule has 0 aliphatic heterocycles. The molecule has 0 saturated heterocycles. The summed E-state index contributed by atoms with van der Waals surface area (Å²) in [4.78, 5) is 11.1. The predicted octanol–water partition coefficient (Wildman–Crippen LogP) is 6.80. The van der Waals surface area contributed by atoms with Crippen molar-refractivity contribution >= 4 is 23.3 Å². The lowest BCUT2D eigenvalue weighted by atomic mass is 10.1. The molecule has 0 amide bonds. The smallest absolute Gasteiger partial charge is 0.416 e. The topological polar surface area (TPSA) is 67.2 Å². The fourth-order valence-corrected chi connectivity index (χ4v) is 3.51. The minimum atomic E-state index is -4.51. The predicted molar refractivity (Wildman–Crippen MR) is 120 cm³/mol. The van der Waals surface area contributed by atoms with Crippen LogP contribution in [0.5, 0.6) is 0 Å². The van der Waals surface area contributed by atoms with E-state index >= 15 is 0 Å². The van der Waals surface area contributed by atoms with Crippen LogP contribution in [0.25, 0.3) is 16.9 Å². The maximum absolute atomic E-state index is 14.3. The fraction of sp³-hybridized carbons (Fsp3) is 0.0833. The van der Waals surface area contributed by atoms with Gasteiger partial charge in [0.05, 0.1) is 28.2 Å². The number of nitrogens with one attached hydrogen (secondary N) is 1. The average molecular weight is 508 g/mol. The molecule has 0 spiro atoms. The minimum Gasteiger partial charge on any atom is -0.478 e. The number of benzene rings is 3. The molecule has 1 heterocycles. The van der Waals surface area contributed by atoms with Gasteiger partial charge in [-0.15, -0.1) is 0 Å². The molecule has 4 rings (SSSR count). The molecule has 0 saturated carbocycles. The van der Waals surface area contributed by atoms with Crippen molar-refractivity contribution in [2.45, 2.75) is 12.7 Å². The molecule has 0 unspecified atom stereocenters. The Kier molecular flexibility index (Phi) is 6.49. The Bertz CT molecular complexity index is 1380. The molecule has 0 fully saturated rings. The molecule has 3 aromatic carbocycles. The van der Waals surface area contributed by atoms with Gasteiger partial charge in [0.2, 0.25) is 0 Å². The third kappa shape index (κ3) is 5.12. The zero-order valence-corrected chi connectivity index (χ0v) is 18.3. The number of nitrogens with zero attached hydrogens (tertiary/aromatic N) is 2. The van der Waals surface area contributed by atoms with Crippen molar-refractivity contribution in [1.29, 1.82) is 0 Å². The number of carboxylic acids is 1. The Balaban J connectivity index is 1.72. The summed E-state index contributed by atoms with van der Waals surface area (Å²) in [6.07, 6.45) is -2.94. The van der Waals surface area contributed by atoms with E-state index in [4.69, 9.17) is 16.7 Å². The summed E-state index contributed by atoms with van der Waals surface area (Å²) in [5.74, 6) is -3.01. The van der Waals surface area contributed by atoms with E-state index in [0.29, 0.717) is 22.5 Å². The van der Waals surface area contributed by atoms with E-state index in [1.165, 1.54) is 47.1 Å². The Hall–Kier alpha value is -3.92. The van der Waals surface area contributed by atoms with Crippen LogP contribution in [-0.4, -0.2) is 20.9 Å². The van der Waals surface area contributed by atoms with Gasteiger partial charge in [0, 0.05) is 23.9 Å². The first-order valence-electron chi connectivity index (χ1n) is 10.0. The van der Waals surface area contributed by atoms with Gasteiger partial charge in [-0.3, -0.25) is 0 Å². The van der Waals surface area contributed by atoms with E-state index < -0.39 is 34.4 Å². The number of alkyl halides is 3. The van der Waals surface area contributed by atoms with E-state index in [1.807, 2.05) is 0 Å². The van der Waals surface area contributed by atoms with Crippen molar-refractivity contribution in [3.63, 3.8) is 0 Å². The Morgan fingerprint density at radius 3 is 2.26 bits per heavy atom. The zero-order valence-electron chi connectivity index (χ0n) is 17.6. The van der Waals surface area contributed by atoms with Gasteiger partial charge in [-0.05, 0) is 48.5 Å². The molecule has 0 radical (unpaired) electrons. The van der Waals surface area contributed by atoms with Gasteiger partial charge in [0.25, 0.3) is 0 Å². The highest BCUT2D eigenvalue weighted by atomic mass is 35.5. The zero-order chi connectivity index (χ0) is 25.3. The van der Waals surface area contributed by atoms with Crippen LogP contribution in [0.4, 0.5) is 27.6 Å². The number of hydrogen-bond donors (Lipinski definition) is 2. The molecule has 0 bridgehead atoms. The first-order chi connectivity index (χ1) is 16.5. The summed E-state index contributed by atoms with van der Waals surface area (Å²) in [6.45, 7) is -0.0254. The summed E-state index contributed by atoms with van der Waals surface area (Å²) < 4.78 is 68.1. The third-order valence-corrected chi connectivity index (χ3v) is 5.51. The van der Waals surface area contributed by atoms with Gasteiger partial charge in [-0.2, -0.15) is 18.3 Å². The van der Waals surface area contributed by atoms with Crippen molar-refractivity contribution in [2.75, 3.05) is 5.32 Å². The number of aromatic nitrogens is 2. The summed E-state index contributed by atoms with van der Waals surface area (Å²) in [7, 11) is 0. The van der Waals surface area contributed by atoms with Crippen LogP contribution in [0.1, 0.15) is 21.5 Å². The molecule has 4 aromatic rings. The monoisotopic (exact) mass is 507 g/mol. The van der Waals surface area contributed by atoms with Gasteiger partial charge < -0.3 is 10.4 Å². The van der Waals surface area contributed by atoms with E-state index in [1.54, 1.807) is 6.20 Å². The van der Waals surface area contributed by atoms with Crippen molar-refractivity contribution < 1.29 is 31.9 Å². The lowest BCUT2D eigenvalue weighted by Gasteiger charge is -2.10. The normalized spacial score (nSPS) is 11.5. The van der Waals surface area contributed by atoms with Crippen LogP contribution in [0.15, 0.2) is 66.9 Å². The largest absolute Gasteiger partial charge is 0.478 e. The molecule has 35 heavy (non-hydrogen) atoms. The summed E-state index contributed by atoms with van der Waals surface area (Å²) in [5, 5.41) is 15.7. The van der Waals surface area contributed by atoms with E-state index in [0.717, 1.165) is 18.2 Å². The first-order valence-corrected chi connectivity index (χ1v) is 10.4. The molecule has 180 valence electrons. The quantitative estimate of drug-likeness (QED) is 0.222. The molecule has 2 N–H and O–H groups in total. The summed E-state index contributed by atoms with van der Waals surface area (Å²) >= 11 is 5.62. The molecular formula is C24H15ClF5N3O2. The Labute approximate surface area is 200 Å². The number of anilines is 1. The number of aromatic carboxylic acids is 1. The molecular weight excluding hydrogens is 493 g/mol. The molecule has 1 aromatic heterocycles. The Morgan fingerprint density at radius 2 is 1.66 bits per heavy atom. The van der Waals surface area contributed by atoms with Gasteiger partial charge in [-0.1, -0.05) is 23.7 Å². The number of halogens is 6. The minimum absolute atomic E-state index is 0.0254. The molecule has 0 atom stereocenters. The second kappa shape index (κ2) is 9.38. The number of carboxylic acid groups (broad SMARTS) is 1. The average Bonchev–Trinajstić information content (AvgIpc) is 3.26. The second-order valence-corrected chi connectivity index (χ2v) is 7.83. The van der Waals surface area contributed by atoms with Gasteiger partial charge in [0.15, 0.2) is 5.82 Å². The standard InChI is InChI=1S/C24H15ClF5N3O2/c25-20-18(26)9-10-19(21(20)27)31-11-15-12-33(17-7-3-14(4-8-17)23(34)35)32-22(15)13-1-5-16(6-2-13)24(28,29)30/h1-10,12,31H,11H2,(H,34,35). The van der Waals surface area contributed by atoms with Gasteiger partial charge >= 0.3 is 12.1 Å². The van der Waals surface area contributed by atoms with Crippen LogP contribution in [0.3, 0.4) is 0 Å². The fourth-order valence-electron chi connectivity index (χ4n) is 3.34. The summed E-state index contributed by atoms with van der Waals surface area (Å²) in [6, 6.07) is 12.3. The summed E-state index contributed by atoms with van der Waals surface area (Å²) in [5.41, 5.74) is 0.809. The SMILES string of the molecule is O=C(O)c1ccc(-n2cc(CNc3ccc(F)c(Cl)c3F)c(-c3ccc(C(F)(F)F)cc3)n2)cc1. The lowest BCUT2D eigenvalue weighted by molar-refractivity contribution is -0.137. The van der Waals surface area contributed by atoms with E-state index in [9.17, 15) is 26.7 Å². The number of hydrogen-bond acceptors (Lipinski definition) is 3. The van der Waals surface area contributed by atoms with E-state index in [-0.39, 0.29) is 17.8 Å². The van der Waals surface area contributed by atoms with Crippen molar-refractivity contribution in [1.82, 2.24) is 9.78 Å². The van der Waals surface area contributed by atoms with Crippen LogP contribution in [-0.2, 0) is 12.7 Å². The highest BCUT2D eigenvalue weighted by Gasteiger charge is 2.30. The maximum atomic E-state index is 14.3. The lowest BCUT2D eigenvalue weighted by Crippen LogP contribution is -2.05. The maximum Gasteiger partial charge on any atom is 0.416 e. The van der Waals surface area contributed by atoms with Crippen LogP contribution < -0.4 is 5.32 Å². The van der Waals surface area contributed by atoms with Crippen molar-refractivity contribution in [3.8, 4) is 16.9 Å². The van der Waals surface area contributed by atoms with E-state index in [2.05, 4.69) is 10.4 Å². The van der Waals surface area contributed by atoms with Gasteiger partial charge in [0.1, 0.15) is 10.8 Å². The molecule has 5 nitrogen and oxygen atoms in total. The molecule has 11 heteroatoms. The molecule has 0 aliphatic rings. The van der Waals surface area contributed by atoms with Crippen molar-refractivity contribution in [2.24, 2.45) is 0 Å². The second-order valence-electron chi connectivity index (χ2n) is 7.45.